The second kappa shape index (κ2) is 7.63. The van der Waals surface area contributed by atoms with Gasteiger partial charge in [-0.15, -0.1) is 0 Å². The molecule has 0 spiro atoms. The number of H-pyrrole nitrogens is 1. The number of nitrogens with one attached hydrogen (secondary N) is 2. The highest BCUT2D eigenvalue weighted by molar-refractivity contribution is 5.74. The van der Waals surface area contributed by atoms with Gasteiger partial charge in [-0.05, 0) is 37.5 Å². The van der Waals surface area contributed by atoms with E-state index in [0.717, 1.165) is 44.5 Å². The van der Waals surface area contributed by atoms with Crippen LogP contribution in [0.2, 0.25) is 0 Å². The van der Waals surface area contributed by atoms with E-state index in [1.54, 1.807) is 12.4 Å². The Labute approximate surface area is 132 Å². The van der Waals surface area contributed by atoms with E-state index in [0.29, 0.717) is 6.54 Å². The maximum absolute atomic E-state index is 12.4. The van der Waals surface area contributed by atoms with E-state index in [-0.39, 0.29) is 24.1 Å². The minimum absolute atomic E-state index is 0.0112. The fourth-order valence-corrected chi connectivity index (χ4v) is 2.86. The van der Waals surface area contributed by atoms with Crippen molar-refractivity contribution in [2.75, 3.05) is 19.7 Å². The fraction of sp³-hybridized carbons (Fsp3) is 0.750. The normalized spacial score (nSPS) is 19.2. The van der Waals surface area contributed by atoms with Crippen molar-refractivity contribution >= 4 is 6.03 Å². The topological polar surface area (TPSA) is 81.2 Å². The molecule has 0 radical (unpaired) electrons. The van der Waals surface area contributed by atoms with Crippen LogP contribution < -0.4 is 5.32 Å². The van der Waals surface area contributed by atoms with E-state index in [4.69, 9.17) is 0 Å². The number of aromatic nitrogens is 2. The lowest BCUT2D eigenvalue weighted by Gasteiger charge is -2.34. The zero-order valence-corrected chi connectivity index (χ0v) is 13.6. The van der Waals surface area contributed by atoms with E-state index in [9.17, 15) is 9.90 Å². The van der Waals surface area contributed by atoms with Crippen LogP contribution in [-0.2, 0) is 0 Å². The zero-order chi connectivity index (χ0) is 16.0. The molecule has 6 heteroatoms. The van der Waals surface area contributed by atoms with Crippen LogP contribution in [0.5, 0.6) is 0 Å². The Bertz CT molecular complexity index is 459. The van der Waals surface area contributed by atoms with E-state index in [1.807, 2.05) is 18.7 Å². The van der Waals surface area contributed by atoms with Crippen LogP contribution in [0.15, 0.2) is 12.4 Å². The van der Waals surface area contributed by atoms with Crippen LogP contribution in [0, 0.1) is 5.41 Å². The number of piperidine rings is 1. The second-order valence-corrected chi connectivity index (χ2v) is 6.84. The number of hydrogen-bond acceptors (Lipinski definition) is 3. The Balaban J connectivity index is 1.82. The standard InChI is InChI=1S/C16H28N4O2/c1-16(2,12-21)7-5-8-19-15(22)20-11-4-3-6-13(20)14-17-9-10-18-14/h9-10,13,21H,3-8,11-12H2,1-2H3,(H,17,18)(H,19,22). The Hall–Kier alpha value is -1.56. The Kier molecular flexibility index (Phi) is 5.83. The van der Waals surface area contributed by atoms with Gasteiger partial charge in [0.05, 0.1) is 6.04 Å². The minimum Gasteiger partial charge on any atom is -0.396 e. The summed E-state index contributed by atoms with van der Waals surface area (Å²) in [6.45, 7) is 5.66. The van der Waals surface area contributed by atoms with Gasteiger partial charge in [-0.1, -0.05) is 13.8 Å². The predicted octanol–water partition coefficient (Wildman–Crippen LogP) is 2.45. The molecule has 0 saturated carbocycles. The lowest BCUT2D eigenvalue weighted by molar-refractivity contribution is 0.141. The van der Waals surface area contributed by atoms with Crippen LogP contribution in [0.1, 0.15) is 57.8 Å². The predicted molar refractivity (Wildman–Crippen MR) is 85.4 cm³/mol. The van der Waals surface area contributed by atoms with Gasteiger partial charge in [0.2, 0.25) is 0 Å². The summed E-state index contributed by atoms with van der Waals surface area (Å²) in [5, 5.41) is 12.2. The second-order valence-electron chi connectivity index (χ2n) is 6.84. The quantitative estimate of drug-likeness (QED) is 0.706. The number of nitrogens with zero attached hydrogens (tertiary/aromatic N) is 2. The molecule has 3 N–H and O–H groups in total. The van der Waals surface area contributed by atoms with E-state index in [2.05, 4.69) is 15.3 Å². The van der Waals surface area contributed by atoms with Crippen molar-refractivity contribution in [3.63, 3.8) is 0 Å². The molecule has 1 fully saturated rings. The first kappa shape index (κ1) is 16.8. The molecule has 1 saturated heterocycles. The summed E-state index contributed by atoms with van der Waals surface area (Å²) < 4.78 is 0. The summed E-state index contributed by atoms with van der Waals surface area (Å²) in [5.41, 5.74) is -0.0768. The molecule has 1 aromatic heterocycles. The number of imidazole rings is 1. The largest absolute Gasteiger partial charge is 0.396 e. The molecule has 22 heavy (non-hydrogen) atoms. The van der Waals surface area contributed by atoms with Crippen LogP contribution >= 0.6 is 0 Å². The van der Waals surface area contributed by atoms with Crippen molar-refractivity contribution in [1.82, 2.24) is 20.2 Å². The average Bonchev–Trinajstić information content (AvgIpc) is 3.05. The highest BCUT2D eigenvalue weighted by Gasteiger charge is 2.29. The molecule has 2 amide bonds. The van der Waals surface area contributed by atoms with Crippen molar-refractivity contribution in [3.8, 4) is 0 Å². The summed E-state index contributed by atoms with van der Waals surface area (Å²) >= 11 is 0. The number of likely N-dealkylation sites (tertiary alicyclic amines) is 1. The number of aliphatic hydroxyl groups excluding tert-OH is 1. The summed E-state index contributed by atoms with van der Waals surface area (Å²) in [5.74, 6) is 0.872. The monoisotopic (exact) mass is 308 g/mol. The van der Waals surface area contributed by atoms with Gasteiger partial charge in [-0.2, -0.15) is 0 Å². The zero-order valence-electron chi connectivity index (χ0n) is 13.6. The molecule has 1 aliphatic heterocycles. The first-order chi connectivity index (χ1) is 10.5. The van der Waals surface area contributed by atoms with E-state index < -0.39 is 0 Å². The number of amides is 2. The lowest BCUT2D eigenvalue weighted by Crippen LogP contribution is -2.45. The van der Waals surface area contributed by atoms with Crippen molar-refractivity contribution in [2.45, 2.75) is 52.0 Å². The number of rotatable bonds is 6. The Morgan fingerprint density at radius 3 is 3.05 bits per heavy atom. The van der Waals surface area contributed by atoms with Crippen LogP contribution in [0.4, 0.5) is 4.79 Å². The molecule has 2 heterocycles. The third-order valence-corrected chi connectivity index (χ3v) is 4.33. The summed E-state index contributed by atoms with van der Waals surface area (Å²) in [7, 11) is 0. The van der Waals surface area contributed by atoms with Crippen molar-refractivity contribution in [3.05, 3.63) is 18.2 Å². The van der Waals surface area contributed by atoms with E-state index >= 15 is 0 Å². The number of aromatic amines is 1. The first-order valence-corrected chi connectivity index (χ1v) is 8.18. The summed E-state index contributed by atoms with van der Waals surface area (Å²) in [4.78, 5) is 21.7. The molecule has 0 aromatic carbocycles. The molecular formula is C16H28N4O2. The van der Waals surface area contributed by atoms with Gasteiger partial charge in [0.15, 0.2) is 0 Å². The number of aliphatic hydroxyl groups is 1. The number of carbonyl (C=O) groups is 1. The lowest BCUT2D eigenvalue weighted by atomic mass is 9.89. The van der Waals surface area contributed by atoms with Crippen LogP contribution in [0.3, 0.4) is 0 Å². The molecule has 124 valence electrons. The molecule has 0 aliphatic carbocycles. The van der Waals surface area contributed by atoms with Gasteiger partial charge in [-0.25, -0.2) is 9.78 Å². The van der Waals surface area contributed by atoms with Crippen LogP contribution in [-0.4, -0.2) is 45.7 Å². The molecular weight excluding hydrogens is 280 g/mol. The summed E-state index contributed by atoms with van der Waals surface area (Å²) in [6.07, 6.45) is 8.43. The first-order valence-electron chi connectivity index (χ1n) is 8.18. The Morgan fingerprint density at radius 2 is 2.36 bits per heavy atom. The van der Waals surface area contributed by atoms with Gasteiger partial charge in [0.1, 0.15) is 5.82 Å². The third-order valence-electron chi connectivity index (χ3n) is 4.33. The maximum atomic E-state index is 12.4. The number of urea groups is 1. The smallest absolute Gasteiger partial charge is 0.318 e. The molecule has 1 aliphatic rings. The minimum atomic E-state index is -0.0768. The number of carbonyl (C=O) groups excluding carboxylic acids is 1. The highest BCUT2D eigenvalue weighted by atomic mass is 16.3. The van der Waals surface area contributed by atoms with Gasteiger partial charge < -0.3 is 20.3 Å². The third kappa shape index (κ3) is 4.47. The van der Waals surface area contributed by atoms with Gasteiger partial charge in [0, 0.05) is 32.1 Å². The molecule has 1 unspecified atom stereocenters. The van der Waals surface area contributed by atoms with E-state index in [1.165, 1.54) is 0 Å². The van der Waals surface area contributed by atoms with Crippen molar-refractivity contribution in [1.29, 1.82) is 0 Å². The average molecular weight is 308 g/mol. The molecule has 1 atom stereocenters. The SMILES string of the molecule is CC(C)(CO)CCCNC(=O)N1CCCCC1c1ncc[nH]1. The van der Waals surface area contributed by atoms with Crippen molar-refractivity contribution in [2.24, 2.45) is 5.41 Å². The molecule has 1 aromatic rings. The molecule has 6 nitrogen and oxygen atoms in total. The summed E-state index contributed by atoms with van der Waals surface area (Å²) in [6, 6.07) is 0.0422. The highest BCUT2D eigenvalue weighted by Crippen LogP contribution is 2.28. The fourth-order valence-electron chi connectivity index (χ4n) is 2.86. The number of hydrogen-bond donors (Lipinski definition) is 3. The Morgan fingerprint density at radius 1 is 1.55 bits per heavy atom. The maximum Gasteiger partial charge on any atom is 0.318 e. The molecule has 0 bridgehead atoms. The molecule has 2 rings (SSSR count). The van der Waals surface area contributed by atoms with Gasteiger partial charge >= 0.3 is 6.03 Å². The van der Waals surface area contributed by atoms with Gasteiger partial charge in [-0.3, -0.25) is 0 Å². The van der Waals surface area contributed by atoms with Gasteiger partial charge in [0.25, 0.3) is 0 Å². The van der Waals surface area contributed by atoms with Crippen LogP contribution in [0.25, 0.3) is 0 Å². The van der Waals surface area contributed by atoms with Crippen molar-refractivity contribution < 1.29 is 9.90 Å².